The second-order valence-corrected chi connectivity index (χ2v) is 5.41. The molecule has 0 radical (unpaired) electrons. The standard InChI is InChI=1S/C15H18F3NO2/c16-11-8-13(18)12(17)7-10(11)14(15(20)21)19-9-5-3-1-2-4-6-9/h7-9,14,19H,1-6H2,(H,20,21). The lowest BCUT2D eigenvalue weighted by Crippen LogP contribution is -2.37. The lowest BCUT2D eigenvalue weighted by atomic mass is 10.0. The van der Waals surface area contributed by atoms with Crippen molar-refractivity contribution in [3.8, 4) is 0 Å². The molecule has 0 aliphatic heterocycles. The van der Waals surface area contributed by atoms with E-state index in [9.17, 15) is 23.1 Å². The van der Waals surface area contributed by atoms with Crippen molar-refractivity contribution in [2.24, 2.45) is 0 Å². The normalized spacial score (nSPS) is 18.2. The van der Waals surface area contributed by atoms with Gasteiger partial charge in [0.25, 0.3) is 0 Å². The van der Waals surface area contributed by atoms with E-state index in [0.717, 1.165) is 38.5 Å². The molecular formula is C15H18F3NO2. The number of carboxylic acids is 1. The molecule has 1 aromatic carbocycles. The third-order valence-corrected chi connectivity index (χ3v) is 3.86. The molecule has 0 aromatic heterocycles. The number of rotatable bonds is 4. The van der Waals surface area contributed by atoms with Crippen molar-refractivity contribution in [3.63, 3.8) is 0 Å². The summed E-state index contributed by atoms with van der Waals surface area (Å²) in [5.41, 5.74) is -0.370. The van der Waals surface area contributed by atoms with Crippen LogP contribution in [-0.4, -0.2) is 17.1 Å². The number of hydrogen-bond donors (Lipinski definition) is 2. The Morgan fingerprint density at radius 1 is 1.05 bits per heavy atom. The smallest absolute Gasteiger partial charge is 0.325 e. The zero-order valence-electron chi connectivity index (χ0n) is 11.5. The van der Waals surface area contributed by atoms with Gasteiger partial charge in [-0.15, -0.1) is 0 Å². The Balaban J connectivity index is 2.22. The molecule has 1 fully saturated rings. The predicted molar refractivity (Wildman–Crippen MR) is 71.3 cm³/mol. The average Bonchev–Trinajstić information content (AvgIpc) is 2.69. The molecule has 0 amide bonds. The van der Waals surface area contributed by atoms with E-state index >= 15 is 0 Å². The minimum Gasteiger partial charge on any atom is -0.480 e. The summed E-state index contributed by atoms with van der Waals surface area (Å²) in [5.74, 6) is -4.93. The van der Waals surface area contributed by atoms with Crippen LogP contribution in [0.5, 0.6) is 0 Å². The van der Waals surface area contributed by atoms with Crippen LogP contribution in [0.15, 0.2) is 12.1 Å². The van der Waals surface area contributed by atoms with Gasteiger partial charge in [0.15, 0.2) is 11.6 Å². The van der Waals surface area contributed by atoms with Gasteiger partial charge < -0.3 is 5.11 Å². The number of aliphatic carboxylic acids is 1. The molecule has 0 bridgehead atoms. The number of carboxylic acid groups (broad SMARTS) is 1. The van der Waals surface area contributed by atoms with Crippen molar-refractivity contribution in [3.05, 3.63) is 35.1 Å². The van der Waals surface area contributed by atoms with Crippen LogP contribution in [0.4, 0.5) is 13.2 Å². The second-order valence-electron chi connectivity index (χ2n) is 5.41. The third-order valence-electron chi connectivity index (χ3n) is 3.86. The maximum Gasteiger partial charge on any atom is 0.325 e. The lowest BCUT2D eigenvalue weighted by molar-refractivity contribution is -0.140. The molecule has 21 heavy (non-hydrogen) atoms. The minimum atomic E-state index is -1.37. The monoisotopic (exact) mass is 301 g/mol. The zero-order valence-corrected chi connectivity index (χ0v) is 11.5. The molecule has 1 unspecified atom stereocenters. The first-order chi connectivity index (χ1) is 9.99. The van der Waals surface area contributed by atoms with Crippen molar-refractivity contribution in [1.82, 2.24) is 5.32 Å². The van der Waals surface area contributed by atoms with E-state index in [-0.39, 0.29) is 11.6 Å². The van der Waals surface area contributed by atoms with Gasteiger partial charge in [-0.05, 0) is 18.9 Å². The summed E-state index contributed by atoms with van der Waals surface area (Å²) >= 11 is 0. The van der Waals surface area contributed by atoms with Crippen molar-refractivity contribution in [1.29, 1.82) is 0 Å². The molecule has 2 N–H and O–H groups in total. The summed E-state index contributed by atoms with van der Waals surface area (Å²) in [4.78, 5) is 11.4. The summed E-state index contributed by atoms with van der Waals surface area (Å²) in [6.45, 7) is 0. The first-order valence-electron chi connectivity index (χ1n) is 7.12. The van der Waals surface area contributed by atoms with Crippen molar-refractivity contribution >= 4 is 5.97 Å². The first-order valence-corrected chi connectivity index (χ1v) is 7.12. The largest absolute Gasteiger partial charge is 0.480 e. The van der Waals surface area contributed by atoms with Gasteiger partial charge in [0, 0.05) is 17.7 Å². The number of halogens is 3. The third kappa shape index (κ3) is 3.97. The molecule has 2 rings (SSSR count). The highest BCUT2D eigenvalue weighted by atomic mass is 19.2. The molecule has 6 heteroatoms. The van der Waals surface area contributed by atoms with Gasteiger partial charge in [-0.3, -0.25) is 10.1 Å². The van der Waals surface area contributed by atoms with Gasteiger partial charge in [0.05, 0.1) is 0 Å². The van der Waals surface area contributed by atoms with Crippen molar-refractivity contribution < 1.29 is 23.1 Å². The van der Waals surface area contributed by atoms with E-state index < -0.39 is 29.5 Å². The van der Waals surface area contributed by atoms with E-state index in [4.69, 9.17) is 0 Å². The number of hydrogen-bond acceptors (Lipinski definition) is 2. The molecule has 1 aliphatic rings. The minimum absolute atomic E-state index is 0.0545. The van der Waals surface area contributed by atoms with Crippen LogP contribution in [0.25, 0.3) is 0 Å². The Bertz CT molecular complexity index is 514. The summed E-state index contributed by atoms with van der Waals surface area (Å²) in [6.07, 6.45) is 5.74. The van der Waals surface area contributed by atoms with E-state index in [0.29, 0.717) is 12.1 Å². The molecule has 116 valence electrons. The summed E-state index contributed by atoms with van der Waals surface area (Å²) in [6, 6.07) is -0.424. The van der Waals surface area contributed by atoms with Gasteiger partial charge >= 0.3 is 5.97 Å². The molecule has 1 atom stereocenters. The highest BCUT2D eigenvalue weighted by Crippen LogP contribution is 2.24. The van der Waals surface area contributed by atoms with Crippen LogP contribution in [0.1, 0.15) is 50.1 Å². The van der Waals surface area contributed by atoms with Gasteiger partial charge in [-0.1, -0.05) is 25.7 Å². The SMILES string of the molecule is O=C(O)C(NC1CCCCCC1)c1cc(F)c(F)cc1F. The second kappa shape index (κ2) is 6.93. The van der Waals surface area contributed by atoms with Gasteiger partial charge in [-0.2, -0.15) is 0 Å². The van der Waals surface area contributed by atoms with E-state index in [1.807, 2.05) is 0 Å². The van der Waals surface area contributed by atoms with Gasteiger partial charge in [0.1, 0.15) is 11.9 Å². The highest BCUT2D eigenvalue weighted by Gasteiger charge is 2.27. The van der Waals surface area contributed by atoms with Crippen LogP contribution in [0, 0.1) is 17.5 Å². The van der Waals surface area contributed by atoms with E-state index in [1.54, 1.807) is 0 Å². The Kier molecular flexibility index (Phi) is 5.22. The summed E-state index contributed by atoms with van der Waals surface area (Å²) < 4.78 is 40.0. The Morgan fingerprint density at radius 3 is 2.19 bits per heavy atom. The summed E-state index contributed by atoms with van der Waals surface area (Å²) in [5, 5.41) is 12.1. The molecule has 1 aliphatic carbocycles. The van der Waals surface area contributed by atoms with Crippen LogP contribution in [-0.2, 0) is 4.79 Å². The van der Waals surface area contributed by atoms with Crippen LogP contribution in [0.2, 0.25) is 0 Å². The number of carbonyl (C=O) groups is 1. The van der Waals surface area contributed by atoms with Gasteiger partial charge in [0.2, 0.25) is 0 Å². The zero-order chi connectivity index (χ0) is 15.4. The van der Waals surface area contributed by atoms with Crippen molar-refractivity contribution in [2.45, 2.75) is 50.6 Å². The molecule has 0 heterocycles. The maximum atomic E-state index is 13.8. The maximum absolute atomic E-state index is 13.8. The molecule has 1 aromatic rings. The molecule has 3 nitrogen and oxygen atoms in total. The van der Waals surface area contributed by atoms with Crippen LogP contribution < -0.4 is 5.32 Å². The molecule has 1 saturated carbocycles. The molecular weight excluding hydrogens is 283 g/mol. The van der Waals surface area contributed by atoms with Crippen LogP contribution in [0.3, 0.4) is 0 Å². The number of nitrogens with one attached hydrogen (secondary N) is 1. The Labute approximate surface area is 121 Å². The average molecular weight is 301 g/mol. The topological polar surface area (TPSA) is 49.3 Å². The molecule has 0 spiro atoms. The fourth-order valence-electron chi connectivity index (χ4n) is 2.73. The summed E-state index contributed by atoms with van der Waals surface area (Å²) in [7, 11) is 0. The number of benzene rings is 1. The van der Waals surface area contributed by atoms with Crippen molar-refractivity contribution in [2.75, 3.05) is 0 Å². The fourth-order valence-corrected chi connectivity index (χ4v) is 2.73. The van der Waals surface area contributed by atoms with E-state index in [1.165, 1.54) is 0 Å². The quantitative estimate of drug-likeness (QED) is 0.660. The molecule has 0 saturated heterocycles. The predicted octanol–water partition coefficient (Wildman–Crippen LogP) is 3.54. The lowest BCUT2D eigenvalue weighted by Gasteiger charge is -2.22. The Morgan fingerprint density at radius 2 is 1.62 bits per heavy atom. The fraction of sp³-hybridized carbons (Fsp3) is 0.533. The first kappa shape index (κ1) is 15.8. The van der Waals surface area contributed by atoms with Gasteiger partial charge in [-0.25, -0.2) is 13.2 Å². The van der Waals surface area contributed by atoms with Crippen LogP contribution >= 0.6 is 0 Å². The van der Waals surface area contributed by atoms with E-state index in [2.05, 4.69) is 5.32 Å². The highest BCUT2D eigenvalue weighted by molar-refractivity contribution is 5.75. The Hall–Kier alpha value is -1.56.